The zero-order valence-electron chi connectivity index (χ0n) is 16.8. The largest absolute Gasteiger partial charge is 0.479 e. The molecule has 0 aliphatic carbocycles. The van der Waals surface area contributed by atoms with Crippen molar-refractivity contribution in [1.29, 1.82) is 0 Å². The quantitative estimate of drug-likeness (QED) is 0.512. The summed E-state index contributed by atoms with van der Waals surface area (Å²) in [7, 11) is -4.22. The topological polar surface area (TPSA) is 111 Å². The highest BCUT2D eigenvalue weighted by molar-refractivity contribution is 7.89. The predicted octanol–water partition coefficient (Wildman–Crippen LogP) is 3.55. The summed E-state index contributed by atoms with van der Waals surface area (Å²) in [5.41, 5.74) is 0.687. The van der Waals surface area contributed by atoms with Gasteiger partial charge in [-0.25, -0.2) is 17.9 Å². The number of carbonyl (C=O) groups is 1. The highest BCUT2D eigenvalue weighted by atomic mass is 32.2. The van der Waals surface area contributed by atoms with E-state index >= 15 is 0 Å². The number of carboxylic acid groups (broad SMARTS) is 1. The molecule has 3 aromatic rings. The number of aryl methyl sites for hydroxylation is 1. The molecule has 0 saturated heterocycles. The molecule has 0 amide bonds. The number of nitrogens with one attached hydrogen (secondary N) is 1. The zero-order valence-corrected chi connectivity index (χ0v) is 17.6. The van der Waals surface area contributed by atoms with Crippen LogP contribution >= 0.6 is 0 Å². The van der Waals surface area contributed by atoms with E-state index < -0.39 is 34.0 Å². The molecule has 8 nitrogen and oxygen atoms in total. The number of hydrogen-bond acceptors (Lipinski definition) is 5. The van der Waals surface area contributed by atoms with Gasteiger partial charge in [-0.2, -0.15) is 18.3 Å². The molecule has 32 heavy (non-hydrogen) atoms. The first-order valence-electron chi connectivity index (χ1n) is 9.13. The fourth-order valence-electron chi connectivity index (χ4n) is 2.65. The number of aromatic nitrogens is 2. The van der Waals surface area contributed by atoms with Crippen molar-refractivity contribution in [3.63, 3.8) is 0 Å². The van der Waals surface area contributed by atoms with Crippen molar-refractivity contribution in [1.82, 2.24) is 14.7 Å². The average Bonchev–Trinajstić information content (AvgIpc) is 3.18. The summed E-state index contributed by atoms with van der Waals surface area (Å²) in [5, 5.41) is 12.4. The Labute approximate surface area is 181 Å². The Kier molecular flexibility index (Phi) is 6.39. The summed E-state index contributed by atoms with van der Waals surface area (Å²) in [4.78, 5) is 16.8. The first-order chi connectivity index (χ1) is 14.9. The lowest BCUT2D eigenvalue weighted by molar-refractivity contribution is -0.151. The van der Waals surface area contributed by atoms with Crippen LogP contribution in [-0.4, -0.2) is 35.4 Å². The van der Waals surface area contributed by atoms with E-state index in [-0.39, 0.29) is 16.3 Å². The second-order valence-corrected chi connectivity index (χ2v) is 8.51. The highest BCUT2D eigenvalue weighted by Gasteiger charge is 2.35. The standard InChI is InChI=1S/C20H18F3N3O5S/c1-12-3-5-14(6-4-12)17-11-18(20(21,22)23)24-26(17)15-7-9-16(10-8-15)32(29,30)25-31-13(2)19(27)28/h3-11,13,25H,1-2H3,(H,27,28)/t13-/m1/s1. The second kappa shape index (κ2) is 8.73. The molecule has 0 aliphatic heterocycles. The Morgan fingerprint density at radius 1 is 1.12 bits per heavy atom. The van der Waals surface area contributed by atoms with Gasteiger partial charge in [-0.15, -0.1) is 0 Å². The molecule has 0 aliphatic rings. The Balaban J connectivity index is 1.97. The van der Waals surface area contributed by atoms with Crippen molar-refractivity contribution < 1.29 is 36.3 Å². The van der Waals surface area contributed by atoms with Crippen molar-refractivity contribution in [2.75, 3.05) is 0 Å². The Hall–Kier alpha value is -3.22. The number of alkyl halides is 3. The molecular formula is C20H18F3N3O5S. The number of benzene rings is 2. The van der Waals surface area contributed by atoms with Gasteiger partial charge in [0, 0.05) is 5.56 Å². The van der Waals surface area contributed by atoms with Gasteiger partial charge in [0.25, 0.3) is 10.0 Å². The monoisotopic (exact) mass is 469 g/mol. The van der Waals surface area contributed by atoms with Crippen LogP contribution in [0.1, 0.15) is 18.2 Å². The van der Waals surface area contributed by atoms with Crippen LogP contribution in [0.25, 0.3) is 16.9 Å². The Morgan fingerprint density at radius 3 is 2.25 bits per heavy atom. The molecule has 2 N–H and O–H groups in total. The van der Waals surface area contributed by atoms with Crippen LogP contribution in [0.2, 0.25) is 0 Å². The van der Waals surface area contributed by atoms with E-state index in [4.69, 9.17) is 5.11 Å². The third-order valence-electron chi connectivity index (χ3n) is 4.42. The number of hydrogen-bond donors (Lipinski definition) is 2. The summed E-state index contributed by atoms with van der Waals surface area (Å²) in [6.45, 7) is 2.98. The lowest BCUT2D eigenvalue weighted by atomic mass is 10.1. The minimum Gasteiger partial charge on any atom is -0.479 e. The van der Waals surface area contributed by atoms with E-state index in [2.05, 4.69) is 9.94 Å². The summed E-state index contributed by atoms with van der Waals surface area (Å²) in [5.74, 6) is -1.37. The number of carboxylic acids is 1. The molecule has 170 valence electrons. The van der Waals surface area contributed by atoms with Crippen LogP contribution in [0, 0.1) is 6.92 Å². The SMILES string of the molecule is Cc1ccc(-c2cc(C(F)(F)F)nn2-c2ccc(S(=O)(=O)NO[C@H](C)C(=O)O)cc2)cc1. The second-order valence-electron chi connectivity index (χ2n) is 6.87. The van der Waals surface area contributed by atoms with Crippen molar-refractivity contribution in [2.24, 2.45) is 0 Å². The van der Waals surface area contributed by atoms with Gasteiger partial charge in [-0.1, -0.05) is 34.7 Å². The maximum atomic E-state index is 13.3. The highest BCUT2D eigenvalue weighted by Crippen LogP contribution is 2.33. The molecule has 3 rings (SSSR count). The number of aliphatic carboxylic acids is 1. The van der Waals surface area contributed by atoms with Gasteiger partial charge in [-0.3, -0.25) is 4.84 Å². The minimum absolute atomic E-state index is 0.171. The van der Waals surface area contributed by atoms with E-state index in [1.807, 2.05) is 6.92 Å². The van der Waals surface area contributed by atoms with E-state index in [0.29, 0.717) is 5.56 Å². The maximum Gasteiger partial charge on any atom is 0.435 e. The van der Waals surface area contributed by atoms with Gasteiger partial charge in [-0.05, 0) is 44.2 Å². The van der Waals surface area contributed by atoms with E-state index in [0.717, 1.165) is 35.4 Å². The number of rotatable bonds is 7. The lowest BCUT2D eigenvalue weighted by Gasteiger charge is -2.11. The van der Waals surface area contributed by atoms with E-state index in [1.165, 1.54) is 12.1 Å². The van der Waals surface area contributed by atoms with Crippen LogP contribution in [0.5, 0.6) is 0 Å². The minimum atomic E-state index is -4.67. The molecule has 0 bridgehead atoms. The Morgan fingerprint density at radius 2 is 1.72 bits per heavy atom. The van der Waals surface area contributed by atoms with Gasteiger partial charge in [0.1, 0.15) is 0 Å². The smallest absolute Gasteiger partial charge is 0.435 e. The van der Waals surface area contributed by atoms with E-state index in [1.54, 1.807) is 29.2 Å². The molecule has 0 radical (unpaired) electrons. The normalized spacial score (nSPS) is 13.2. The fraction of sp³-hybridized carbons (Fsp3) is 0.200. The molecular weight excluding hydrogens is 451 g/mol. The number of nitrogens with zero attached hydrogens (tertiary/aromatic N) is 2. The molecule has 0 fully saturated rings. The molecule has 12 heteroatoms. The molecule has 1 heterocycles. The summed E-state index contributed by atoms with van der Waals surface area (Å²) in [6.07, 6.45) is -6.10. The molecule has 2 aromatic carbocycles. The van der Waals surface area contributed by atoms with Crippen molar-refractivity contribution in [3.05, 3.63) is 65.9 Å². The third-order valence-corrected chi connectivity index (χ3v) is 5.63. The molecule has 1 atom stereocenters. The van der Waals surface area contributed by atoms with Crippen molar-refractivity contribution in [2.45, 2.75) is 31.0 Å². The van der Waals surface area contributed by atoms with Crippen LogP contribution in [0.4, 0.5) is 13.2 Å². The van der Waals surface area contributed by atoms with E-state index in [9.17, 15) is 26.4 Å². The van der Waals surface area contributed by atoms with Gasteiger partial charge in [0.05, 0.1) is 16.3 Å². The van der Waals surface area contributed by atoms with Gasteiger partial charge in [0.2, 0.25) is 0 Å². The predicted molar refractivity (Wildman–Crippen MR) is 107 cm³/mol. The third kappa shape index (κ3) is 5.15. The average molecular weight is 469 g/mol. The molecule has 0 unspecified atom stereocenters. The summed E-state index contributed by atoms with van der Waals surface area (Å²) < 4.78 is 65.4. The van der Waals surface area contributed by atoms with Gasteiger partial charge in [0.15, 0.2) is 11.8 Å². The Bertz CT molecular complexity index is 1220. The zero-order chi connectivity index (χ0) is 23.7. The van der Waals surface area contributed by atoms with Crippen molar-refractivity contribution >= 4 is 16.0 Å². The molecule has 1 aromatic heterocycles. The number of sulfonamides is 1. The summed E-state index contributed by atoms with van der Waals surface area (Å²) >= 11 is 0. The van der Waals surface area contributed by atoms with Crippen LogP contribution in [-0.2, 0) is 25.8 Å². The van der Waals surface area contributed by atoms with Crippen LogP contribution < -0.4 is 4.89 Å². The molecule has 0 saturated carbocycles. The van der Waals surface area contributed by atoms with Crippen LogP contribution in [0.15, 0.2) is 59.5 Å². The van der Waals surface area contributed by atoms with Gasteiger partial charge >= 0.3 is 12.1 Å². The van der Waals surface area contributed by atoms with Crippen molar-refractivity contribution in [3.8, 4) is 16.9 Å². The molecule has 0 spiro atoms. The lowest BCUT2D eigenvalue weighted by Crippen LogP contribution is -2.32. The number of halogens is 3. The summed E-state index contributed by atoms with van der Waals surface area (Å²) in [6, 6.07) is 12.6. The van der Waals surface area contributed by atoms with Gasteiger partial charge < -0.3 is 5.11 Å². The fourth-order valence-corrected chi connectivity index (χ4v) is 3.51. The maximum absolute atomic E-state index is 13.3. The first-order valence-corrected chi connectivity index (χ1v) is 10.6. The van der Waals surface area contributed by atoms with Crippen LogP contribution in [0.3, 0.4) is 0 Å². The first kappa shape index (κ1) is 23.4.